The van der Waals surface area contributed by atoms with Gasteiger partial charge >= 0.3 is 5.97 Å². The molecule has 23 heavy (non-hydrogen) atoms. The zero-order valence-electron chi connectivity index (χ0n) is 12.8. The fourth-order valence-electron chi connectivity index (χ4n) is 1.91. The highest BCUT2D eigenvalue weighted by Gasteiger charge is 2.21. The first-order valence-corrected chi connectivity index (χ1v) is 7.63. The number of nitriles is 1. The fourth-order valence-corrected chi connectivity index (χ4v) is 2.04. The summed E-state index contributed by atoms with van der Waals surface area (Å²) in [7, 11) is 0. The number of aryl methyl sites for hydroxylation is 1. The van der Waals surface area contributed by atoms with Crippen LogP contribution in [0.2, 0.25) is 5.02 Å². The molecule has 0 aromatic heterocycles. The van der Waals surface area contributed by atoms with Crippen LogP contribution in [-0.2, 0) is 20.7 Å². The van der Waals surface area contributed by atoms with Crippen molar-refractivity contribution in [2.45, 2.75) is 31.7 Å². The van der Waals surface area contributed by atoms with Crippen LogP contribution in [0.1, 0.15) is 24.8 Å². The van der Waals surface area contributed by atoms with E-state index in [0.29, 0.717) is 24.3 Å². The van der Waals surface area contributed by atoms with Crippen molar-refractivity contribution < 1.29 is 14.3 Å². The molecule has 5 nitrogen and oxygen atoms in total. The summed E-state index contributed by atoms with van der Waals surface area (Å²) in [6.07, 6.45) is 3.38. The van der Waals surface area contributed by atoms with E-state index in [1.54, 1.807) is 24.3 Å². The molecule has 0 unspecified atom stereocenters. The van der Waals surface area contributed by atoms with Gasteiger partial charge in [0, 0.05) is 11.4 Å². The van der Waals surface area contributed by atoms with Crippen molar-refractivity contribution >= 4 is 23.5 Å². The Morgan fingerprint density at radius 2 is 2.09 bits per heavy atom. The summed E-state index contributed by atoms with van der Waals surface area (Å²) in [5.41, 5.74) is 0.993. The first-order chi connectivity index (χ1) is 11.1. The van der Waals surface area contributed by atoms with E-state index in [9.17, 15) is 9.59 Å². The first-order valence-electron chi connectivity index (χ1n) is 7.25. The van der Waals surface area contributed by atoms with E-state index in [1.165, 1.54) is 0 Å². The van der Waals surface area contributed by atoms with E-state index in [4.69, 9.17) is 21.6 Å². The number of hydrogen-bond donors (Lipinski definition) is 1. The maximum Gasteiger partial charge on any atom is 0.329 e. The molecular weight excluding hydrogens is 316 g/mol. The van der Waals surface area contributed by atoms with Crippen LogP contribution in [0.5, 0.6) is 0 Å². The Labute approximate surface area is 140 Å². The average molecular weight is 335 g/mol. The maximum atomic E-state index is 12.0. The Bertz CT molecular complexity index is 578. The lowest BCUT2D eigenvalue weighted by atomic mass is 10.0. The number of carbonyl (C=O) groups is 2. The van der Waals surface area contributed by atoms with E-state index >= 15 is 0 Å². The minimum Gasteiger partial charge on any atom is -0.449 e. The van der Waals surface area contributed by atoms with Crippen LogP contribution in [0.4, 0.5) is 0 Å². The molecule has 0 saturated carbocycles. The number of benzene rings is 1. The van der Waals surface area contributed by atoms with Crippen molar-refractivity contribution in [3.63, 3.8) is 0 Å². The number of amides is 1. The second kappa shape index (κ2) is 10.4. The van der Waals surface area contributed by atoms with Gasteiger partial charge < -0.3 is 10.1 Å². The summed E-state index contributed by atoms with van der Waals surface area (Å²) < 4.78 is 4.81. The molecule has 1 aromatic rings. The topological polar surface area (TPSA) is 79.2 Å². The molecule has 6 heteroatoms. The van der Waals surface area contributed by atoms with Gasteiger partial charge in [-0.25, -0.2) is 4.79 Å². The zero-order chi connectivity index (χ0) is 17.1. The van der Waals surface area contributed by atoms with Crippen molar-refractivity contribution in [3.05, 3.63) is 47.5 Å². The number of nitrogens with one attached hydrogen (secondary N) is 1. The predicted molar refractivity (Wildman–Crippen MR) is 87.7 cm³/mol. The largest absolute Gasteiger partial charge is 0.449 e. The lowest BCUT2D eigenvalue weighted by molar-refractivity contribution is -0.146. The van der Waals surface area contributed by atoms with Crippen molar-refractivity contribution in [1.29, 1.82) is 5.26 Å². The minimum atomic E-state index is -0.781. The van der Waals surface area contributed by atoms with Crippen LogP contribution in [0.15, 0.2) is 36.9 Å². The van der Waals surface area contributed by atoms with Gasteiger partial charge in [-0.3, -0.25) is 4.79 Å². The minimum absolute atomic E-state index is 0.250. The Morgan fingerprint density at radius 3 is 2.70 bits per heavy atom. The highest BCUT2D eigenvalue weighted by Crippen LogP contribution is 2.12. The summed E-state index contributed by atoms with van der Waals surface area (Å²) in [6, 6.07) is 8.21. The Balaban J connectivity index is 2.64. The van der Waals surface area contributed by atoms with Gasteiger partial charge in [-0.15, -0.1) is 6.58 Å². The van der Waals surface area contributed by atoms with Gasteiger partial charge in [-0.1, -0.05) is 29.8 Å². The average Bonchev–Trinajstić information content (AvgIpc) is 2.55. The highest BCUT2D eigenvalue weighted by atomic mass is 35.5. The maximum absolute atomic E-state index is 12.0. The SMILES string of the molecule is C=CCCC(=O)N[C@@H](CCc1ccc(Cl)cc1)C(=O)OCC#N. The zero-order valence-corrected chi connectivity index (χ0v) is 13.5. The van der Waals surface area contributed by atoms with E-state index < -0.39 is 12.0 Å². The first kappa shape index (κ1) is 18.7. The molecule has 0 saturated heterocycles. The lowest BCUT2D eigenvalue weighted by Gasteiger charge is -2.17. The summed E-state index contributed by atoms with van der Waals surface area (Å²) >= 11 is 5.83. The molecule has 0 spiro atoms. The Kier molecular flexibility index (Phi) is 8.48. The molecule has 0 fully saturated rings. The molecule has 1 aromatic carbocycles. The van der Waals surface area contributed by atoms with Crippen molar-refractivity contribution in [2.24, 2.45) is 0 Å². The van der Waals surface area contributed by atoms with Crippen LogP contribution in [0.25, 0.3) is 0 Å². The number of esters is 1. The normalized spacial score (nSPS) is 11.1. The summed E-state index contributed by atoms with van der Waals surface area (Å²) in [5, 5.41) is 11.8. The Hall–Kier alpha value is -2.32. The molecular formula is C17H19ClN2O3. The quantitative estimate of drug-likeness (QED) is 0.556. The molecule has 1 amide bonds. The fraction of sp³-hybridized carbons (Fsp3) is 0.353. The number of carbonyl (C=O) groups excluding carboxylic acids is 2. The van der Waals surface area contributed by atoms with Crippen molar-refractivity contribution in [2.75, 3.05) is 6.61 Å². The Morgan fingerprint density at radius 1 is 1.39 bits per heavy atom. The van der Waals surface area contributed by atoms with Crippen LogP contribution in [-0.4, -0.2) is 24.5 Å². The van der Waals surface area contributed by atoms with Gasteiger partial charge in [-0.05, 0) is 37.0 Å². The number of allylic oxidation sites excluding steroid dienone is 1. The molecule has 0 heterocycles. The van der Waals surface area contributed by atoms with Crippen LogP contribution in [0.3, 0.4) is 0 Å². The number of hydrogen-bond acceptors (Lipinski definition) is 4. The van der Waals surface area contributed by atoms with Gasteiger partial charge in [0.25, 0.3) is 0 Å². The standard InChI is InChI=1S/C17H19ClN2O3/c1-2-3-4-16(21)20-15(17(22)23-12-11-19)10-7-13-5-8-14(18)9-6-13/h2,5-6,8-9,15H,1,3-4,7,10,12H2,(H,20,21)/t15-/m0/s1. The predicted octanol–water partition coefficient (Wildman–Crippen LogP) is 2.79. The molecule has 122 valence electrons. The van der Waals surface area contributed by atoms with Gasteiger partial charge in [0.2, 0.25) is 5.91 Å². The van der Waals surface area contributed by atoms with Gasteiger partial charge in [0.05, 0.1) is 0 Å². The summed E-state index contributed by atoms with van der Waals surface area (Å²) in [5.74, 6) is -0.854. The lowest BCUT2D eigenvalue weighted by Crippen LogP contribution is -2.42. The molecule has 1 atom stereocenters. The summed E-state index contributed by atoms with van der Waals surface area (Å²) in [6.45, 7) is 3.22. The molecule has 0 radical (unpaired) electrons. The van der Waals surface area contributed by atoms with E-state index in [0.717, 1.165) is 5.56 Å². The number of halogens is 1. The van der Waals surface area contributed by atoms with Gasteiger partial charge in [0.1, 0.15) is 12.1 Å². The number of rotatable bonds is 9. The van der Waals surface area contributed by atoms with E-state index in [-0.39, 0.29) is 18.9 Å². The van der Waals surface area contributed by atoms with E-state index in [2.05, 4.69) is 11.9 Å². The van der Waals surface area contributed by atoms with Crippen molar-refractivity contribution in [3.8, 4) is 6.07 Å². The van der Waals surface area contributed by atoms with Crippen LogP contribution in [0, 0.1) is 11.3 Å². The third-order valence-electron chi connectivity index (χ3n) is 3.11. The second-order valence-electron chi connectivity index (χ2n) is 4.88. The van der Waals surface area contributed by atoms with Crippen LogP contribution >= 0.6 is 11.6 Å². The summed E-state index contributed by atoms with van der Waals surface area (Å²) in [4.78, 5) is 23.8. The smallest absolute Gasteiger partial charge is 0.329 e. The van der Waals surface area contributed by atoms with Crippen molar-refractivity contribution in [1.82, 2.24) is 5.32 Å². The third-order valence-corrected chi connectivity index (χ3v) is 3.36. The molecule has 1 rings (SSSR count). The highest BCUT2D eigenvalue weighted by molar-refractivity contribution is 6.30. The second-order valence-corrected chi connectivity index (χ2v) is 5.31. The third kappa shape index (κ3) is 7.48. The molecule has 0 bridgehead atoms. The van der Waals surface area contributed by atoms with Crippen LogP contribution < -0.4 is 5.32 Å². The van der Waals surface area contributed by atoms with Gasteiger partial charge in [0.15, 0.2) is 6.61 Å². The van der Waals surface area contributed by atoms with Gasteiger partial charge in [-0.2, -0.15) is 5.26 Å². The van der Waals surface area contributed by atoms with E-state index in [1.807, 2.05) is 12.1 Å². The molecule has 0 aliphatic carbocycles. The molecule has 1 N–H and O–H groups in total. The molecule has 0 aliphatic heterocycles. The molecule has 0 aliphatic rings. The number of nitrogens with zero attached hydrogens (tertiary/aromatic N) is 1. The monoisotopic (exact) mass is 334 g/mol. The number of ether oxygens (including phenoxy) is 1.